The quantitative estimate of drug-likeness (QED) is 0.428. The van der Waals surface area contributed by atoms with Gasteiger partial charge < -0.3 is 19.2 Å². The zero-order chi connectivity index (χ0) is 16.5. The molecule has 0 saturated heterocycles. The van der Waals surface area contributed by atoms with E-state index in [2.05, 4.69) is 5.16 Å². The van der Waals surface area contributed by atoms with Crippen molar-refractivity contribution in [3.05, 3.63) is 29.8 Å². The summed E-state index contributed by atoms with van der Waals surface area (Å²) in [6.45, 7) is 1.14. The summed E-state index contributed by atoms with van der Waals surface area (Å²) in [5.74, 6) is -0.217. The van der Waals surface area contributed by atoms with Crippen LogP contribution in [0, 0.1) is 0 Å². The maximum atomic E-state index is 11.5. The van der Waals surface area contributed by atoms with Crippen LogP contribution in [0.5, 0.6) is 5.75 Å². The number of hydrogen-bond donors (Lipinski definition) is 0. The molecule has 1 amide bonds. The van der Waals surface area contributed by atoms with Crippen molar-refractivity contribution in [1.82, 2.24) is 4.90 Å². The minimum absolute atomic E-state index is 0.296. The van der Waals surface area contributed by atoms with E-state index in [4.69, 9.17) is 14.3 Å². The molecule has 120 valence electrons. The van der Waals surface area contributed by atoms with Gasteiger partial charge in [-0.15, -0.1) is 0 Å². The number of hydrogen-bond acceptors (Lipinski definition) is 6. The van der Waals surface area contributed by atoms with E-state index < -0.39 is 12.1 Å². The van der Waals surface area contributed by atoms with Crippen LogP contribution in [0.4, 0.5) is 0 Å². The minimum Gasteiger partial charge on any atom is -0.497 e. The SMILES string of the molecule is COc1ccc(/C=N\OCC(=O)O[C@H](C)C(=O)N(C)C)cc1. The number of carbonyl (C=O) groups is 2. The standard InChI is InChI=1S/C15H20N2O5/c1-11(15(19)17(2)3)22-14(18)10-21-16-9-12-5-7-13(20-4)8-6-12/h5-9,11H,10H2,1-4H3/b16-9-/t11-/m1/s1. The van der Waals surface area contributed by atoms with Gasteiger partial charge in [-0.05, 0) is 36.8 Å². The Labute approximate surface area is 129 Å². The summed E-state index contributed by atoms with van der Waals surface area (Å²) in [6.07, 6.45) is 0.609. The number of amides is 1. The van der Waals surface area contributed by atoms with Gasteiger partial charge in [0.05, 0.1) is 13.3 Å². The van der Waals surface area contributed by atoms with Crippen LogP contribution in [-0.4, -0.2) is 56.9 Å². The molecule has 0 fully saturated rings. The van der Waals surface area contributed by atoms with Crippen molar-refractivity contribution in [2.75, 3.05) is 27.8 Å². The zero-order valence-electron chi connectivity index (χ0n) is 13.1. The Balaban J connectivity index is 2.35. The van der Waals surface area contributed by atoms with Crippen molar-refractivity contribution in [3.63, 3.8) is 0 Å². The summed E-state index contributed by atoms with van der Waals surface area (Å²) in [5, 5.41) is 3.66. The van der Waals surface area contributed by atoms with Crippen LogP contribution in [-0.2, 0) is 19.2 Å². The van der Waals surface area contributed by atoms with Crippen molar-refractivity contribution >= 4 is 18.1 Å². The molecular formula is C15H20N2O5. The van der Waals surface area contributed by atoms with Crippen molar-refractivity contribution in [2.45, 2.75) is 13.0 Å². The minimum atomic E-state index is -0.850. The number of esters is 1. The Bertz CT molecular complexity index is 525. The van der Waals surface area contributed by atoms with Crippen molar-refractivity contribution < 1.29 is 23.9 Å². The number of carbonyl (C=O) groups excluding carboxylic acids is 2. The molecule has 7 nitrogen and oxygen atoms in total. The number of methoxy groups -OCH3 is 1. The highest BCUT2D eigenvalue weighted by atomic mass is 16.7. The fourth-order valence-electron chi connectivity index (χ4n) is 1.52. The van der Waals surface area contributed by atoms with Gasteiger partial charge in [0.25, 0.3) is 5.91 Å². The summed E-state index contributed by atoms with van der Waals surface area (Å²) >= 11 is 0. The molecule has 0 aliphatic rings. The number of benzene rings is 1. The zero-order valence-corrected chi connectivity index (χ0v) is 13.1. The Morgan fingerprint density at radius 2 is 1.91 bits per heavy atom. The first-order chi connectivity index (χ1) is 10.4. The molecule has 0 radical (unpaired) electrons. The maximum Gasteiger partial charge on any atom is 0.347 e. The van der Waals surface area contributed by atoms with Crippen LogP contribution in [0.1, 0.15) is 12.5 Å². The van der Waals surface area contributed by atoms with Crippen LogP contribution >= 0.6 is 0 Å². The van der Waals surface area contributed by atoms with Crippen LogP contribution in [0.15, 0.2) is 29.4 Å². The van der Waals surface area contributed by atoms with E-state index in [9.17, 15) is 9.59 Å². The van der Waals surface area contributed by atoms with Gasteiger partial charge in [0.1, 0.15) is 5.75 Å². The van der Waals surface area contributed by atoms with Gasteiger partial charge in [-0.3, -0.25) is 4.79 Å². The Hall–Kier alpha value is -2.57. The van der Waals surface area contributed by atoms with Gasteiger partial charge in [-0.25, -0.2) is 4.79 Å². The van der Waals surface area contributed by atoms with E-state index in [1.54, 1.807) is 45.5 Å². The Morgan fingerprint density at radius 1 is 1.27 bits per heavy atom. The lowest BCUT2D eigenvalue weighted by Crippen LogP contribution is -2.35. The fraction of sp³-hybridized carbons (Fsp3) is 0.400. The van der Waals surface area contributed by atoms with Crippen LogP contribution in [0.2, 0.25) is 0 Å². The molecule has 0 saturated carbocycles. The van der Waals surface area contributed by atoms with Gasteiger partial charge >= 0.3 is 5.97 Å². The smallest absolute Gasteiger partial charge is 0.347 e. The maximum absolute atomic E-state index is 11.5. The van der Waals surface area contributed by atoms with Crippen LogP contribution < -0.4 is 4.74 Å². The molecule has 0 aromatic heterocycles. The Morgan fingerprint density at radius 3 is 2.45 bits per heavy atom. The molecule has 1 rings (SSSR count). The molecular weight excluding hydrogens is 288 g/mol. The third-order valence-corrected chi connectivity index (χ3v) is 2.67. The van der Waals surface area contributed by atoms with Gasteiger partial charge in [0, 0.05) is 14.1 Å². The second-order valence-electron chi connectivity index (χ2n) is 4.65. The number of likely N-dealkylation sites (N-methyl/N-ethyl adjacent to an activating group) is 1. The average Bonchev–Trinajstić information content (AvgIpc) is 2.51. The number of oxime groups is 1. The predicted octanol–water partition coefficient (Wildman–Crippen LogP) is 1.07. The van der Waals surface area contributed by atoms with Crippen LogP contribution in [0.3, 0.4) is 0 Å². The molecule has 0 bridgehead atoms. The first-order valence-corrected chi connectivity index (χ1v) is 6.64. The molecule has 1 atom stereocenters. The second kappa shape index (κ2) is 8.66. The molecule has 1 aromatic rings. The average molecular weight is 308 g/mol. The highest BCUT2D eigenvalue weighted by Crippen LogP contribution is 2.09. The van der Waals surface area contributed by atoms with E-state index >= 15 is 0 Å². The van der Waals surface area contributed by atoms with Gasteiger partial charge in [-0.1, -0.05) is 5.16 Å². The van der Waals surface area contributed by atoms with Gasteiger partial charge in [0.2, 0.25) is 6.61 Å². The van der Waals surface area contributed by atoms with Crippen molar-refractivity contribution in [2.24, 2.45) is 5.16 Å². The molecule has 0 spiro atoms. The van der Waals surface area contributed by atoms with E-state index in [1.807, 2.05) is 0 Å². The third kappa shape index (κ3) is 5.82. The van der Waals surface area contributed by atoms with Gasteiger partial charge in [0.15, 0.2) is 6.10 Å². The molecule has 0 N–H and O–H groups in total. The summed E-state index contributed by atoms with van der Waals surface area (Å²) < 4.78 is 9.94. The highest BCUT2D eigenvalue weighted by molar-refractivity contribution is 5.83. The Kier molecular flexibility index (Phi) is 6.88. The fourth-order valence-corrected chi connectivity index (χ4v) is 1.52. The lowest BCUT2D eigenvalue weighted by molar-refractivity contribution is -0.161. The lowest BCUT2D eigenvalue weighted by atomic mass is 10.2. The van der Waals surface area contributed by atoms with E-state index in [-0.39, 0.29) is 12.5 Å². The summed E-state index contributed by atoms with van der Waals surface area (Å²) in [6, 6.07) is 7.15. The molecule has 1 aromatic carbocycles. The molecule has 7 heteroatoms. The van der Waals surface area contributed by atoms with E-state index in [0.29, 0.717) is 0 Å². The monoisotopic (exact) mass is 308 g/mol. The van der Waals surface area contributed by atoms with Gasteiger partial charge in [-0.2, -0.15) is 0 Å². The second-order valence-corrected chi connectivity index (χ2v) is 4.65. The molecule has 0 unspecified atom stereocenters. The molecule has 22 heavy (non-hydrogen) atoms. The van der Waals surface area contributed by atoms with E-state index in [0.717, 1.165) is 11.3 Å². The largest absolute Gasteiger partial charge is 0.497 e. The van der Waals surface area contributed by atoms with Crippen molar-refractivity contribution in [1.29, 1.82) is 0 Å². The summed E-state index contributed by atoms with van der Waals surface area (Å²) in [5.41, 5.74) is 0.797. The normalized spacial score (nSPS) is 11.8. The van der Waals surface area contributed by atoms with E-state index in [1.165, 1.54) is 18.0 Å². The lowest BCUT2D eigenvalue weighted by Gasteiger charge is -2.16. The number of nitrogens with zero attached hydrogens (tertiary/aromatic N) is 2. The molecule has 0 heterocycles. The number of rotatable bonds is 7. The molecule has 0 aliphatic carbocycles. The topological polar surface area (TPSA) is 77.4 Å². The first-order valence-electron chi connectivity index (χ1n) is 6.64. The third-order valence-electron chi connectivity index (χ3n) is 2.67. The predicted molar refractivity (Wildman–Crippen MR) is 80.8 cm³/mol. The summed E-state index contributed by atoms with van der Waals surface area (Å²) in [7, 11) is 4.75. The molecule has 0 aliphatic heterocycles. The van der Waals surface area contributed by atoms with Crippen LogP contribution in [0.25, 0.3) is 0 Å². The first kappa shape index (κ1) is 17.5. The van der Waals surface area contributed by atoms with Crippen molar-refractivity contribution in [3.8, 4) is 5.75 Å². The number of ether oxygens (including phenoxy) is 2. The summed E-state index contributed by atoms with van der Waals surface area (Å²) in [4.78, 5) is 29.2. The highest BCUT2D eigenvalue weighted by Gasteiger charge is 2.19.